The number of hydrogen-bond acceptors (Lipinski definition) is 7. The summed E-state index contributed by atoms with van der Waals surface area (Å²) in [4.78, 5) is 11.5. The molecule has 0 bridgehead atoms. The van der Waals surface area contributed by atoms with Crippen LogP contribution < -0.4 is 0 Å². The average Bonchev–Trinajstić information content (AvgIpc) is 2.63. The van der Waals surface area contributed by atoms with Crippen LogP contribution in [0.15, 0.2) is 30.3 Å². The summed E-state index contributed by atoms with van der Waals surface area (Å²) >= 11 is 0. The van der Waals surface area contributed by atoms with Gasteiger partial charge in [-0.15, -0.1) is 0 Å². The topological polar surface area (TPSA) is 94.5 Å². The third-order valence-electron chi connectivity index (χ3n) is 4.91. The van der Waals surface area contributed by atoms with Gasteiger partial charge in [-0.1, -0.05) is 50.0 Å². The average molecular weight is 427 g/mol. The Hall–Kier alpha value is -1.29. The van der Waals surface area contributed by atoms with Gasteiger partial charge in [0.1, 0.15) is 18.3 Å². The highest BCUT2D eigenvalue weighted by atomic mass is 28.3. The first kappa shape index (κ1) is 24.0. The van der Waals surface area contributed by atoms with Crippen molar-refractivity contribution in [3.05, 3.63) is 35.9 Å². The molecule has 8 heteroatoms. The van der Waals surface area contributed by atoms with Gasteiger partial charge in [0.25, 0.3) is 0 Å². The van der Waals surface area contributed by atoms with E-state index in [1.807, 2.05) is 30.3 Å². The molecule has 1 heterocycles. The zero-order valence-electron chi connectivity index (χ0n) is 18.0. The Morgan fingerprint density at radius 2 is 1.90 bits per heavy atom. The Labute approximate surface area is 173 Å². The van der Waals surface area contributed by atoms with Crippen LogP contribution >= 0.6 is 0 Å². The molecular weight excluding hydrogens is 392 g/mol. The Morgan fingerprint density at radius 1 is 1.24 bits per heavy atom. The number of carbonyl (C=O) groups excluding carboxylic acids is 1. The zero-order chi connectivity index (χ0) is 21.7. The third kappa shape index (κ3) is 6.87. The molecule has 0 spiro atoms. The predicted octanol–water partition coefficient (Wildman–Crippen LogP) is 2.33. The molecule has 1 aliphatic rings. The Kier molecular flexibility index (Phi) is 8.39. The van der Waals surface area contributed by atoms with Crippen molar-refractivity contribution in [2.75, 3.05) is 13.2 Å². The van der Waals surface area contributed by atoms with E-state index < -0.39 is 50.9 Å². The molecule has 1 aliphatic heterocycles. The first-order valence-electron chi connectivity index (χ1n) is 9.99. The van der Waals surface area contributed by atoms with Crippen molar-refractivity contribution in [2.45, 2.75) is 76.3 Å². The molecule has 1 aromatic carbocycles. The molecule has 0 amide bonds. The van der Waals surface area contributed by atoms with Crippen LogP contribution in [0.25, 0.3) is 0 Å². The Bertz CT molecular complexity index is 648. The Balaban J connectivity index is 2.22. The minimum absolute atomic E-state index is 0.232. The number of esters is 1. The minimum atomic E-state index is -1.35. The highest BCUT2D eigenvalue weighted by molar-refractivity contribution is 6.76. The van der Waals surface area contributed by atoms with Crippen LogP contribution in [0.3, 0.4) is 0 Å². The summed E-state index contributed by atoms with van der Waals surface area (Å²) in [6, 6.07) is 10.5. The van der Waals surface area contributed by atoms with E-state index in [9.17, 15) is 15.0 Å². The van der Waals surface area contributed by atoms with Crippen LogP contribution in [-0.4, -0.2) is 67.7 Å². The molecule has 2 rings (SSSR count). The van der Waals surface area contributed by atoms with Crippen molar-refractivity contribution >= 4 is 14.0 Å². The lowest BCUT2D eigenvalue weighted by Gasteiger charge is -2.49. The van der Waals surface area contributed by atoms with E-state index in [1.165, 1.54) is 6.92 Å². The van der Waals surface area contributed by atoms with Gasteiger partial charge < -0.3 is 29.2 Å². The number of ether oxygens (including phenoxy) is 4. The molecule has 1 fully saturated rings. The van der Waals surface area contributed by atoms with Crippen molar-refractivity contribution in [1.29, 1.82) is 0 Å². The van der Waals surface area contributed by atoms with Gasteiger partial charge in [0.05, 0.1) is 13.2 Å². The second kappa shape index (κ2) is 10.1. The fourth-order valence-electron chi connectivity index (χ4n) is 3.30. The van der Waals surface area contributed by atoms with Crippen molar-refractivity contribution < 1.29 is 34.0 Å². The molecule has 0 radical (unpaired) electrons. The summed E-state index contributed by atoms with van der Waals surface area (Å²) in [5.41, 5.74) is 0.928. The first-order chi connectivity index (χ1) is 13.6. The number of carbonyl (C=O) groups is 1. The molecule has 1 aromatic rings. The smallest absolute Gasteiger partial charge is 0.303 e. The van der Waals surface area contributed by atoms with Gasteiger partial charge in [0.2, 0.25) is 0 Å². The van der Waals surface area contributed by atoms with E-state index in [0.29, 0.717) is 6.61 Å². The largest absolute Gasteiger partial charge is 0.457 e. The third-order valence-corrected chi connectivity index (χ3v) is 6.61. The lowest BCUT2D eigenvalue weighted by Crippen LogP contribution is -2.66. The van der Waals surface area contributed by atoms with Crippen LogP contribution in [0.5, 0.6) is 0 Å². The van der Waals surface area contributed by atoms with Crippen LogP contribution in [-0.2, 0) is 30.3 Å². The SMILES string of the molecule is CC(=O)O[C@H]1[C@H](O)[C@@H](OCc2ccccc2)[C@](C)(OCC[Si](C)(C)C)O[C@@H]1CO. The van der Waals surface area contributed by atoms with Crippen molar-refractivity contribution in [3.8, 4) is 0 Å². The van der Waals surface area contributed by atoms with Gasteiger partial charge in [0, 0.05) is 21.6 Å². The first-order valence-corrected chi connectivity index (χ1v) is 13.7. The van der Waals surface area contributed by atoms with E-state index in [0.717, 1.165) is 11.6 Å². The summed E-state index contributed by atoms with van der Waals surface area (Å²) in [7, 11) is -1.35. The van der Waals surface area contributed by atoms with Crippen LogP contribution in [0.1, 0.15) is 19.4 Å². The summed E-state index contributed by atoms with van der Waals surface area (Å²) in [6.07, 6.45) is -4.09. The molecule has 5 atom stereocenters. The summed E-state index contributed by atoms with van der Waals surface area (Å²) in [5.74, 6) is -1.86. The van der Waals surface area contributed by atoms with Gasteiger partial charge in [-0.3, -0.25) is 4.79 Å². The molecule has 1 saturated heterocycles. The molecule has 0 unspecified atom stereocenters. The van der Waals surface area contributed by atoms with Crippen molar-refractivity contribution in [3.63, 3.8) is 0 Å². The highest BCUT2D eigenvalue weighted by Crippen LogP contribution is 2.35. The number of rotatable bonds is 9. The maximum Gasteiger partial charge on any atom is 0.303 e. The van der Waals surface area contributed by atoms with Gasteiger partial charge in [-0.05, 0) is 18.5 Å². The molecule has 164 valence electrons. The fraction of sp³-hybridized carbons (Fsp3) is 0.667. The monoisotopic (exact) mass is 426 g/mol. The number of hydrogen-bond donors (Lipinski definition) is 2. The molecule has 0 aromatic heterocycles. The highest BCUT2D eigenvalue weighted by Gasteiger charge is 2.55. The fourth-order valence-corrected chi connectivity index (χ4v) is 4.02. The molecule has 7 nitrogen and oxygen atoms in total. The van der Waals surface area contributed by atoms with E-state index in [-0.39, 0.29) is 6.61 Å². The lowest BCUT2D eigenvalue weighted by molar-refractivity contribution is -0.364. The quantitative estimate of drug-likeness (QED) is 0.462. The number of aliphatic hydroxyl groups excluding tert-OH is 2. The van der Waals surface area contributed by atoms with E-state index in [1.54, 1.807) is 6.92 Å². The molecule has 0 saturated carbocycles. The normalized spacial score (nSPS) is 30.2. The van der Waals surface area contributed by atoms with Crippen LogP contribution in [0.4, 0.5) is 0 Å². The van der Waals surface area contributed by atoms with E-state index in [2.05, 4.69) is 19.6 Å². The zero-order valence-corrected chi connectivity index (χ0v) is 19.0. The number of benzene rings is 1. The van der Waals surface area contributed by atoms with Gasteiger partial charge in [-0.2, -0.15) is 0 Å². The molecular formula is C21H34O7Si. The van der Waals surface area contributed by atoms with Gasteiger partial charge in [-0.25, -0.2) is 0 Å². The van der Waals surface area contributed by atoms with Crippen LogP contribution in [0, 0.1) is 0 Å². The van der Waals surface area contributed by atoms with Crippen LogP contribution in [0.2, 0.25) is 25.7 Å². The second-order valence-corrected chi connectivity index (χ2v) is 14.4. The summed E-state index contributed by atoms with van der Waals surface area (Å²) in [5, 5.41) is 20.7. The van der Waals surface area contributed by atoms with Gasteiger partial charge in [0.15, 0.2) is 11.9 Å². The standard InChI is InChI=1S/C21H34O7Si/c1-15(23)27-19-17(13-22)28-21(2,26-11-12-29(3,4)5)20(18(19)24)25-14-16-9-7-6-8-10-16/h6-10,17-20,22,24H,11-14H2,1-5H3/t17-,18+,19-,20-,21-/m1/s1. The molecule has 0 aliphatic carbocycles. The minimum Gasteiger partial charge on any atom is -0.457 e. The van der Waals surface area contributed by atoms with Gasteiger partial charge >= 0.3 is 5.97 Å². The summed E-state index contributed by atoms with van der Waals surface area (Å²) < 4.78 is 23.3. The maximum absolute atomic E-state index is 11.5. The Morgan fingerprint density at radius 3 is 2.45 bits per heavy atom. The maximum atomic E-state index is 11.5. The molecule has 2 N–H and O–H groups in total. The second-order valence-electron chi connectivity index (χ2n) is 8.80. The number of aliphatic hydroxyl groups is 2. The predicted molar refractivity (Wildman–Crippen MR) is 111 cm³/mol. The van der Waals surface area contributed by atoms with E-state index in [4.69, 9.17) is 18.9 Å². The molecule has 29 heavy (non-hydrogen) atoms. The van der Waals surface area contributed by atoms with Crippen molar-refractivity contribution in [2.24, 2.45) is 0 Å². The lowest BCUT2D eigenvalue weighted by atomic mass is 9.92. The van der Waals surface area contributed by atoms with E-state index >= 15 is 0 Å². The van der Waals surface area contributed by atoms with Crippen molar-refractivity contribution in [1.82, 2.24) is 0 Å². The summed E-state index contributed by atoms with van der Waals surface area (Å²) in [6.45, 7) is 9.93.